The van der Waals surface area contributed by atoms with Crippen LogP contribution < -0.4 is 0 Å². The Hall–Kier alpha value is -2.67. The summed E-state index contributed by atoms with van der Waals surface area (Å²) in [4.78, 5) is 8.97. The van der Waals surface area contributed by atoms with Gasteiger partial charge in [-0.1, -0.05) is 18.2 Å². The van der Waals surface area contributed by atoms with Crippen LogP contribution in [0.5, 0.6) is 0 Å². The van der Waals surface area contributed by atoms with Crippen LogP contribution in [0.3, 0.4) is 0 Å². The number of nitrogens with zero attached hydrogens (tertiary/aromatic N) is 4. The van der Waals surface area contributed by atoms with Crippen molar-refractivity contribution in [3.63, 3.8) is 0 Å². The molecular weight excluding hydrogens is 248 g/mol. The van der Waals surface area contributed by atoms with Gasteiger partial charge in [-0.05, 0) is 26.0 Å². The Morgan fingerprint density at radius 1 is 1.10 bits per heavy atom. The summed E-state index contributed by atoms with van der Waals surface area (Å²) in [6, 6.07) is 12.0. The maximum absolute atomic E-state index is 9.25. The molecule has 0 fully saturated rings. The first-order chi connectivity index (χ1) is 9.72. The van der Waals surface area contributed by atoms with Crippen molar-refractivity contribution in [2.45, 2.75) is 19.9 Å². The van der Waals surface area contributed by atoms with Crippen LogP contribution in [0, 0.1) is 11.3 Å². The van der Waals surface area contributed by atoms with Crippen molar-refractivity contribution in [2.24, 2.45) is 0 Å². The van der Waals surface area contributed by atoms with Crippen LogP contribution in [0.2, 0.25) is 0 Å². The SMILES string of the molecule is CC(C)n1cnc(-c2ccccc2C#N)c2ccnc1-2. The highest BCUT2D eigenvalue weighted by molar-refractivity contribution is 5.81. The molecular formula is C16H14N4. The highest BCUT2D eigenvalue weighted by Gasteiger charge is 2.18. The molecule has 0 N–H and O–H groups in total. The van der Waals surface area contributed by atoms with Crippen LogP contribution in [-0.4, -0.2) is 14.5 Å². The summed E-state index contributed by atoms with van der Waals surface area (Å²) in [7, 11) is 0. The zero-order valence-electron chi connectivity index (χ0n) is 11.4. The van der Waals surface area contributed by atoms with E-state index in [4.69, 9.17) is 0 Å². The smallest absolute Gasteiger partial charge is 0.143 e. The van der Waals surface area contributed by atoms with Crippen molar-refractivity contribution in [3.05, 3.63) is 48.4 Å². The molecule has 0 saturated heterocycles. The highest BCUT2D eigenvalue weighted by Crippen LogP contribution is 2.33. The minimum absolute atomic E-state index is 0.292. The lowest BCUT2D eigenvalue weighted by Gasteiger charge is -2.17. The third-order valence-corrected chi connectivity index (χ3v) is 3.35. The fourth-order valence-corrected chi connectivity index (χ4v) is 2.34. The summed E-state index contributed by atoms with van der Waals surface area (Å²) in [5.74, 6) is 0.901. The Morgan fingerprint density at radius 2 is 1.90 bits per heavy atom. The van der Waals surface area contributed by atoms with E-state index in [1.807, 2.05) is 34.9 Å². The average molecular weight is 262 g/mol. The zero-order valence-corrected chi connectivity index (χ0v) is 11.4. The van der Waals surface area contributed by atoms with Gasteiger partial charge in [0.15, 0.2) is 0 Å². The molecule has 0 atom stereocenters. The normalized spacial score (nSPS) is 10.9. The van der Waals surface area contributed by atoms with Gasteiger partial charge in [0.2, 0.25) is 0 Å². The Kier molecular flexibility index (Phi) is 2.96. The second-order valence-corrected chi connectivity index (χ2v) is 4.93. The highest BCUT2D eigenvalue weighted by atomic mass is 15.1. The quantitative estimate of drug-likeness (QED) is 0.710. The molecule has 0 radical (unpaired) electrons. The van der Waals surface area contributed by atoms with Gasteiger partial charge in [0.05, 0.1) is 23.7 Å². The van der Waals surface area contributed by atoms with Crippen molar-refractivity contribution < 1.29 is 0 Å². The van der Waals surface area contributed by atoms with Crippen LogP contribution in [-0.2, 0) is 0 Å². The molecule has 2 aliphatic rings. The Morgan fingerprint density at radius 3 is 2.65 bits per heavy atom. The third kappa shape index (κ3) is 1.84. The van der Waals surface area contributed by atoms with Crippen molar-refractivity contribution in [1.82, 2.24) is 14.5 Å². The van der Waals surface area contributed by atoms with E-state index >= 15 is 0 Å². The topological polar surface area (TPSA) is 54.5 Å². The number of fused-ring (bicyclic) bond motifs is 1. The molecule has 0 aromatic heterocycles. The van der Waals surface area contributed by atoms with E-state index in [1.54, 1.807) is 12.5 Å². The maximum Gasteiger partial charge on any atom is 0.143 e. The van der Waals surface area contributed by atoms with Crippen molar-refractivity contribution >= 4 is 0 Å². The second-order valence-electron chi connectivity index (χ2n) is 4.93. The molecule has 20 heavy (non-hydrogen) atoms. The van der Waals surface area contributed by atoms with Gasteiger partial charge in [-0.2, -0.15) is 5.26 Å². The van der Waals surface area contributed by atoms with Gasteiger partial charge in [-0.25, -0.2) is 9.97 Å². The van der Waals surface area contributed by atoms with E-state index in [9.17, 15) is 5.26 Å². The van der Waals surface area contributed by atoms with Gasteiger partial charge in [0.25, 0.3) is 0 Å². The van der Waals surface area contributed by atoms with Crippen LogP contribution in [0.4, 0.5) is 0 Å². The third-order valence-electron chi connectivity index (χ3n) is 3.35. The summed E-state index contributed by atoms with van der Waals surface area (Å²) in [6.45, 7) is 4.19. The molecule has 98 valence electrons. The van der Waals surface area contributed by atoms with Crippen molar-refractivity contribution in [2.75, 3.05) is 0 Å². The lowest BCUT2D eigenvalue weighted by molar-refractivity contribution is 0.586. The maximum atomic E-state index is 9.25. The van der Waals surface area contributed by atoms with Gasteiger partial charge < -0.3 is 4.57 Å². The lowest BCUT2D eigenvalue weighted by Crippen LogP contribution is -2.08. The van der Waals surface area contributed by atoms with Crippen LogP contribution in [0.1, 0.15) is 25.5 Å². The van der Waals surface area contributed by atoms with E-state index < -0.39 is 0 Å². The summed E-state index contributed by atoms with van der Waals surface area (Å²) in [5.41, 5.74) is 3.27. The molecule has 0 bridgehead atoms. The number of aromatic nitrogens is 3. The van der Waals surface area contributed by atoms with Crippen LogP contribution in [0.25, 0.3) is 22.6 Å². The van der Waals surface area contributed by atoms with Crippen LogP contribution >= 0.6 is 0 Å². The van der Waals surface area contributed by atoms with Gasteiger partial charge in [0, 0.05) is 23.4 Å². The minimum atomic E-state index is 0.292. The van der Waals surface area contributed by atoms with Crippen molar-refractivity contribution in [3.8, 4) is 28.7 Å². The molecule has 2 heterocycles. The van der Waals surface area contributed by atoms with E-state index in [0.29, 0.717) is 11.6 Å². The summed E-state index contributed by atoms with van der Waals surface area (Å²) < 4.78 is 2.04. The summed E-state index contributed by atoms with van der Waals surface area (Å²) in [5, 5.41) is 9.25. The lowest BCUT2D eigenvalue weighted by atomic mass is 10.0. The van der Waals surface area contributed by atoms with E-state index in [1.165, 1.54) is 0 Å². The Bertz CT molecular complexity index is 764. The fraction of sp³-hybridized carbons (Fsp3) is 0.188. The molecule has 3 rings (SSSR count). The predicted molar refractivity (Wildman–Crippen MR) is 77.2 cm³/mol. The number of rotatable bonds is 2. The van der Waals surface area contributed by atoms with E-state index in [2.05, 4.69) is 29.9 Å². The first kappa shape index (κ1) is 12.4. The molecule has 0 aliphatic carbocycles. The second kappa shape index (κ2) is 4.78. The molecule has 1 aromatic carbocycles. The first-order valence-electron chi connectivity index (χ1n) is 6.53. The molecule has 0 spiro atoms. The molecule has 0 amide bonds. The molecule has 4 heteroatoms. The van der Waals surface area contributed by atoms with Gasteiger partial charge in [-0.15, -0.1) is 0 Å². The van der Waals surface area contributed by atoms with E-state index in [0.717, 1.165) is 22.6 Å². The number of benzene rings is 1. The average Bonchev–Trinajstić information content (AvgIpc) is 2.95. The number of hydrogen-bond donors (Lipinski definition) is 0. The zero-order chi connectivity index (χ0) is 14.1. The standard InChI is InChI=1S/C16H14N4/c1-11(2)20-10-19-15(14-7-8-18-16(14)20)13-6-4-3-5-12(13)9-17/h3-8,10-11H,1-2H3. The molecule has 0 unspecified atom stereocenters. The Labute approximate surface area is 117 Å². The largest absolute Gasteiger partial charge is 0.314 e. The van der Waals surface area contributed by atoms with Gasteiger partial charge >= 0.3 is 0 Å². The molecule has 2 aliphatic heterocycles. The predicted octanol–water partition coefficient (Wildman–Crippen LogP) is 3.50. The fourth-order valence-electron chi connectivity index (χ4n) is 2.34. The van der Waals surface area contributed by atoms with Gasteiger partial charge in [0.1, 0.15) is 5.82 Å². The van der Waals surface area contributed by atoms with E-state index in [-0.39, 0.29) is 0 Å². The molecule has 4 nitrogen and oxygen atoms in total. The monoisotopic (exact) mass is 262 g/mol. The van der Waals surface area contributed by atoms with Crippen LogP contribution in [0.15, 0.2) is 42.9 Å². The molecule has 0 saturated carbocycles. The Balaban J connectivity index is 2.26. The van der Waals surface area contributed by atoms with Crippen molar-refractivity contribution in [1.29, 1.82) is 5.26 Å². The number of hydrogen-bond acceptors (Lipinski definition) is 3. The summed E-state index contributed by atoms with van der Waals surface area (Å²) in [6.07, 6.45) is 3.58. The summed E-state index contributed by atoms with van der Waals surface area (Å²) >= 11 is 0. The number of nitriles is 1. The molecule has 1 aromatic rings. The first-order valence-corrected chi connectivity index (χ1v) is 6.53. The van der Waals surface area contributed by atoms with Gasteiger partial charge in [-0.3, -0.25) is 0 Å². The minimum Gasteiger partial charge on any atom is -0.314 e.